The Morgan fingerprint density at radius 3 is 2.09 bits per heavy atom. The number of carbonyl (C=O) groups excluding carboxylic acids is 2. The summed E-state index contributed by atoms with van der Waals surface area (Å²) in [6.45, 7) is 2.17. The summed E-state index contributed by atoms with van der Waals surface area (Å²) in [5.74, 6) is 0.635. The molecule has 2 aromatic carbocycles. The standard InChI is InChI=1S/C27H30N4O2/c32-24(17-20-7-3-1-4-8-20)30-14-11-22(12-15-30)27-26-23(28-19-29-26)13-16-31(27)25(33)18-21-9-5-2-6-10-21/h1-10,19,22,27H,11-18H2,(H,28,29). The SMILES string of the molecule is O=C(Cc1ccccc1)N1CCC(C2c3nc[nH]c3CCN2C(=O)Cc2ccccc2)CC1. The highest BCUT2D eigenvalue weighted by molar-refractivity contribution is 5.80. The summed E-state index contributed by atoms with van der Waals surface area (Å²) >= 11 is 0. The minimum absolute atomic E-state index is 0.0254. The number of fused-ring (bicyclic) bond motifs is 1. The van der Waals surface area contributed by atoms with Crippen LogP contribution in [0.1, 0.15) is 41.4 Å². The Bertz CT molecular complexity index is 1090. The number of aromatic nitrogens is 2. The average molecular weight is 443 g/mol. The van der Waals surface area contributed by atoms with Crippen molar-refractivity contribution in [3.8, 4) is 0 Å². The fourth-order valence-electron chi connectivity index (χ4n) is 5.28. The number of H-pyrrole nitrogens is 1. The summed E-state index contributed by atoms with van der Waals surface area (Å²) in [5.41, 5.74) is 4.24. The van der Waals surface area contributed by atoms with Crippen LogP contribution in [0.2, 0.25) is 0 Å². The molecule has 2 aliphatic heterocycles. The lowest BCUT2D eigenvalue weighted by molar-refractivity contribution is -0.137. The van der Waals surface area contributed by atoms with Gasteiger partial charge in [-0.05, 0) is 29.9 Å². The first-order valence-corrected chi connectivity index (χ1v) is 11.9. The van der Waals surface area contributed by atoms with E-state index in [2.05, 4.69) is 9.97 Å². The van der Waals surface area contributed by atoms with E-state index >= 15 is 0 Å². The average Bonchev–Trinajstić information content (AvgIpc) is 3.34. The molecule has 5 rings (SSSR count). The zero-order valence-corrected chi connectivity index (χ0v) is 18.8. The van der Waals surface area contributed by atoms with Gasteiger partial charge in [0, 0.05) is 31.7 Å². The Hall–Kier alpha value is -3.41. The molecule has 1 N–H and O–H groups in total. The van der Waals surface area contributed by atoms with Crippen LogP contribution in [0.3, 0.4) is 0 Å². The highest BCUT2D eigenvalue weighted by Crippen LogP contribution is 2.39. The van der Waals surface area contributed by atoms with Crippen LogP contribution in [0.25, 0.3) is 0 Å². The lowest BCUT2D eigenvalue weighted by atomic mass is 9.83. The molecule has 2 aliphatic rings. The van der Waals surface area contributed by atoms with Crippen LogP contribution in [0.15, 0.2) is 67.0 Å². The molecule has 3 heterocycles. The van der Waals surface area contributed by atoms with Crippen molar-refractivity contribution in [3.05, 3.63) is 89.5 Å². The molecule has 33 heavy (non-hydrogen) atoms. The minimum atomic E-state index is -0.0254. The number of imidazole rings is 1. The fraction of sp³-hybridized carbons (Fsp3) is 0.370. The Kier molecular flexibility index (Phi) is 6.24. The quantitative estimate of drug-likeness (QED) is 0.657. The number of nitrogens with one attached hydrogen (secondary N) is 1. The Labute approximate surface area is 194 Å². The second-order valence-electron chi connectivity index (χ2n) is 9.09. The van der Waals surface area contributed by atoms with Crippen LogP contribution >= 0.6 is 0 Å². The van der Waals surface area contributed by atoms with Gasteiger partial charge in [-0.1, -0.05) is 60.7 Å². The van der Waals surface area contributed by atoms with Gasteiger partial charge in [-0.3, -0.25) is 9.59 Å². The third-order valence-corrected chi connectivity index (χ3v) is 7.03. The lowest BCUT2D eigenvalue weighted by Crippen LogP contribution is -2.48. The second-order valence-corrected chi connectivity index (χ2v) is 9.09. The molecule has 0 bridgehead atoms. The topological polar surface area (TPSA) is 69.3 Å². The van der Waals surface area contributed by atoms with Crippen molar-refractivity contribution in [1.82, 2.24) is 19.8 Å². The van der Waals surface area contributed by atoms with Crippen LogP contribution in [-0.2, 0) is 28.9 Å². The number of carbonyl (C=O) groups is 2. The highest BCUT2D eigenvalue weighted by atomic mass is 16.2. The number of hydrogen-bond donors (Lipinski definition) is 1. The minimum Gasteiger partial charge on any atom is -0.348 e. The molecule has 170 valence electrons. The molecule has 0 radical (unpaired) electrons. The summed E-state index contributed by atoms with van der Waals surface area (Å²) in [5, 5.41) is 0. The van der Waals surface area contributed by atoms with E-state index in [0.717, 1.165) is 54.9 Å². The van der Waals surface area contributed by atoms with E-state index < -0.39 is 0 Å². The van der Waals surface area contributed by atoms with E-state index in [1.54, 1.807) is 6.33 Å². The molecular formula is C27H30N4O2. The predicted octanol–water partition coefficient (Wildman–Crippen LogP) is 3.56. The Morgan fingerprint density at radius 1 is 0.848 bits per heavy atom. The van der Waals surface area contributed by atoms with Gasteiger partial charge in [0.2, 0.25) is 11.8 Å². The molecule has 1 saturated heterocycles. The fourth-order valence-corrected chi connectivity index (χ4v) is 5.28. The van der Waals surface area contributed by atoms with Crippen molar-refractivity contribution < 1.29 is 9.59 Å². The van der Waals surface area contributed by atoms with E-state index in [1.807, 2.05) is 70.5 Å². The van der Waals surface area contributed by atoms with Crippen molar-refractivity contribution in [2.24, 2.45) is 5.92 Å². The lowest BCUT2D eigenvalue weighted by Gasteiger charge is -2.43. The largest absolute Gasteiger partial charge is 0.348 e. The van der Waals surface area contributed by atoms with Crippen molar-refractivity contribution in [2.45, 2.75) is 38.1 Å². The Morgan fingerprint density at radius 2 is 1.45 bits per heavy atom. The van der Waals surface area contributed by atoms with E-state index in [0.29, 0.717) is 25.3 Å². The molecular weight excluding hydrogens is 412 g/mol. The van der Waals surface area contributed by atoms with Crippen molar-refractivity contribution in [2.75, 3.05) is 19.6 Å². The monoisotopic (exact) mass is 442 g/mol. The van der Waals surface area contributed by atoms with Crippen LogP contribution in [0.4, 0.5) is 0 Å². The van der Waals surface area contributed by atoms with Crippen molar-refractivity contribution in [1.29, 1.82) is 0 Å². The van der Waals surface area contributed by atoms with Crippen LogP contribution in [0.5, 0.6) is 0 Å². The number of aromatic amines is 1. The molecule has 1 aromatic heterocycles. The third kappa shape index (κ3) is 4.70. The van der Waals surface area contributed by atoms with Gasteiger partial charge in [-0.15, -0.1) is 0 Å². The van der Waals surface area contributed by atoms with Crippen LogP contribution < -0.4 is 0 Å². The van der Waals surface area contributed by atoms with Crippen molar-refractivity contribution >= 4 is 11.8 Å². The van der Waals surface area contributed by atoms with Gasteiger partial charge in [0.1, 0.15) is 0 Å². The van der Waals surface area contributed by atoms with Gasteiger partial charge in [-0.2, -0.15) is 0 Å². The summed E-state index contributed by atoms with van der Waals surface area (Å²) in [4.78, 5) is 38.1. The molecule has 2 amide bonds. The van der Waals surface area contributed by atoms with E-state index in [9.17, 15) is 9.59 Å². The molecule has 0 aliphatic carbocycles. The maximum Gasteiger partial charge on any atom is 0.227 e. The van der Waals surface area contributed by atoms with Gasteiger partial charge in [0.25, 0.3) is 0 Å². The second kappa shape index (κ2) is 9.61. The maximum absolute atomic E-state index is 13.4. The molecule has 1 fully saturated rings. The van der Waals surface area contributed by atoms with Gasteiger partial charge in [-0.25, -0.2) is 4.98 Å². The number of amides is 2. The number of likely N-dealkylation sites (tertiary alicyclic amines) is 1. The smallest absolute Gasteiger partial charge is 0.227 e. The number of piperidine rings is 1. The summed E-state index contributed by atoms with van der Waals surface area (Å²) < 4.78 is 0. The predicted molar refractivity (Wildman–Crippen MR) is 126 cm³/mol. The maximum atomic E-state index is 13.4. The molecule has 1 unspecified atom stereocenters. The summed E-state index contributed by atoms with van der Waals surface area (Å²) in [6, 6.07) is 19.8. The van der Waals surface area contributed by atoms with Gasteiger partial charge < -0.3 is 14.8 Å². The zero-order valence-electron chi connectivity index (χ0n) is 18.8. The number of benzene rings is 2. The van der Waals surface area contributed by atoms with Crippen LogP contribution in [-0.4, -0.2) is 51.2 Å². The third-order valence-electron chi connectivity index (χ3n) is 7.03. The Balaban J connectivity index is 1.28. The number of nitrogens with zero attached hydrogens (tertiary/aromatic N) is 3. The molecule has 1 atom stereocenters. The number of rotatable bonds is 5. The summed E-state index contributed by atoms with van der Waals surface area (Å²) in [6.07, 6.45) is 5.17. The van der Waals surface area contributed by atoms with Crippen molar-refractivity contribution in [3.63, 3.8) is 0 Å². The van der Waals surface area contributed by atoms with E-state index in [1.165, 1.54) is 0 Å². The normalized spacial score (nSPS) is 18.7. The number of hydrogen-bond acceptors (Lipinski definition) is 3. The van der Waals surface area contributed by atoms with Gasteiger partial charge in [0.15, 0.2) is 0 Å². The molecule has 6 heteroatoms. The molecule has 3 aromatic rings. The summed E-state index contributed by atoms with van der Waals surface area (Å²) in [7, 11) is 0. The van der Waals surface area contributed by atoms with Crippen LogP contribution in [0, 0.1) is 5.92 Å². The van der Waals surface area contributed by atoms with Gasteiger partial charge in [0.05, 0.1) is 30.9 Å². The van der Waals surface area contributed by atoms with E-state index in [-0.39, 0.29) is 17.9 Å². The molecule has 0 saturated carbocycles. The van der Waals surface area contributed by atoms with Gasteiger partial charge >= 0.3 is 0 Å². The zero-order chi connectivity index (χ0) is 22.6. The highest BCUT2D eigenvalue weighted by Gasteiger charge is 2.39. The first kappa shape index (κ1) is 21.4. The first-order valence-electron chi connectivity index (χ1n) is 11.9. The first-order chi connectivity index (χ1) is 16.2. The van der Waals surface area contributed by atoms with E-state index in [4.69, 9.17) is 0 Å². The molecule has 6 nitrogen and oxygen atoms in total. The molecule has 0 spiro atoms.